The smallest absolute Gasteiger partial charge is 0.152 e. The molecule has 0 amide bonds. The minimum absolute atomic E-state index is 0.106. The Morgan fingerprint density at radius 2 is 2.05 bits per heavy atom. The maximum atomic E-state index is 11.6. The number of anilines is 1. The molecule has 0 saturated heterocycles. The van der Waals surface area contributed by atoms with Crippen molar-refractivity contribution in [3.63, 3.8) is 0 Å². The van der Waals surface area contributed by atoms with Crippen LogP contribution in [0.25, 0.3) is 0 Å². The summed E-state index contributed by atoms with van der Waals surface area (Å²) >= 11 is 6.13. The molecule has 0 fully saturated rings. The second-order valence-electron chi connectivity index (χ2n) is 4.74. The number of benzene rings is 1. The summed E-state index contributed by atoms with van der Waals surface area (Å²) in [5.41, 5.74) is 0.789. The predicted molar refractivity (Wildman–Crippen MR) is 84.7 cm³/mol. The lowest BCUT2D eigenvalue weighted by Gasteiger charge is -2.16. The lowest BCUT2D eigenvalue weighted by molar-refractivity contribution is 0.317. The molecule has 0 aliphatic heterocycles. The molecule has 1 rings (SSSR count). The second kappa shape index (κ2) is 7.74. The fourth-order valence-electron chi connectivity index (χ4n) is 1.74. The summed E-state index contributed by atoms with van der Waals surface area (Å²) in [5.74, 6) is 0.909. The monoisotopic (exact) mass is 319 g/mol. The summed E-state index contributed by atoms with van der Waals surface area (Å²) < 4.78 is 28.6. The van der Waals surface area contributed by atoms with E-state index in [1.165, 1.54) is 0 Å². The number of hydrogen-bond donors (Lipinski definition) is 1. The van der Waals surface area contributed by atoms with Crippen molar-refractivity contribution >= 4 is 27.1 Å². The topological polar surface area (TPSA) is 55.4 Å². The number of ether oxygens (including phenoxy) is 1. The van der Waals surface area contributed by atoms with E-state index in [-0.39, 0.29) is 17.5 Å². The first kappa shape index (κ1) is 17.1. The number of halogens is 1. The SMILES string of the molecule is CCCOc1ccc(NC(C)CS(=O)(=O)CC)cc1Cl. The van der Waals surface area contributed by atoms with E-state index in [1.807, 2.05) is 19.9 Å². The molecule has 0 heterocycles. The van der Waals surface area contributed by atoms with E-state index in [1.54, 1.807) is 19.1 Å². The Hall–Kier alpha value is -0.940. The molecule has 4 nitrogen and oxygen atoms in total. The average Bonchev–Trinajstić information content (AvgIpc) is 2.37. The van der Waals surface area contributed by atoms with E-state index in [0.29, 0.717) is 17.4 Å². The zero-order chi connectivity index (χ0) is 15.2. The predicted octanol–water partition coefficient (Wildman–Crippen LogP) is 3.36. The van der Waals surface area contributed by atoms with Gasteiger partial charge >= 0.3 is 0 Å². The lowest BCUT2D eigenvalue weighted by Crippen LogP contribution is -2.26. The van der Waals surface area contributed by atoms with Crippen LogP contribution in [-0.4, -0.2) is 32.6 Å². The normalized spacial score (nSPS) is 13.0. The van der Waals surface area contributed by atoms with Gasteiger partial charge in [0.15, 0.2) is 9.84 Å². The maximum absolute atomic E-state index is 11.6. The summed E-state index contributed by atoms with van der Waals surface area (Å²) in [7, 11) is -2.99. The van der Waals surface area contributed by atoms with Crippen molar-refractivity contribution in [1.82, 2.24) is 0 Å². The maximum Gasteiger partial charge on any atom is 0.152 e. The Kier molecular flexibility index (Phi) is 6.62. The van der Waals surface area contributed by atoms with E-state index >= 15 is 0 Å². The quantitative estimate of drug-likeness (QED) is 0.798. The third-order valence-corrected chi connectivity index (χ3v) is 4.93. The molecule has 20 heavy (non-hydrogen) atoms. The van der Waals surface area contributed by atoms with Gasteiger partial charge in [-0.3, -0.25) is 0 Å². The van der Waals surface area contributed by atoms with E-state index < -0.39 is 9.84 Å². The molecule has 1 unspecified atom stereocenters. The van der Waals surface area contributed by atoms with Crippen LogP contribution in [0, 0.1) is 0 Å². The van der Waals surface area contributed by atoms with Gasteiger partial charge in [-0.05, 0) is 31.5 Å². The molecule has 1 atom stereocenters. The third-order valence-electron chi connectivity index (χ3n) is 2.75. The summed E-state index contributed by atoms with van der Waals surface area (Å²) in [4.78, 5) is 0. The zero-order valence-corrected chi connectivity index (χ0v) is 13.7. The van der Waals surface area contributed by atoms with Crippen LogP contribution in [0.5, 0.6) is 5.75 Å². The van der Waals surface area contributed by atoms with Crippen LogP contribution >= 0.6 is 11.6 Å². The molecule has 0 radical (unpaired) electrons. The van der Waals surface area contributed by atoms with Gasteiger partial charge in [0.1, 0.15) is 5.75 Å². The van der Waals surface area contributed by atoms with E-state index in [9.17, 15) is 8.42 Å². The van der Waals surface area contributed by atoms with Crippen LogP contribution in [0.2, 0.25) is 5.02 Å². The molecular formula is C14H22ClNO3S. The van der Waals surface area contributed by atoms with Crippen LogP contribution in [0.4, 0.5) is 5.69 Å². The number of nitrogens with one attached hydrogen (secondary N) is 1. The highest BCUT2D eigenvalue weighted by Gasteiger charge is 2.14. The van der Waals surface area contributed by atoms with Gasteiger partial charge in [-0.25, -0.2) is 8.42 Å². The van der Waals surface area contributed by atoms with E-state index in [0.717, 1.165) is 12.1 Å². The van der Waals surface area contributed by atoms with E-state index in [2.05, 4.69) is 5.32 Å². The van der Waals surface area contributed by atoms with Crippen molar-refractivity contribution in [3.05, 3.63) is 23.2 Å². The van der Waals surface area contributed by atoms with Gasteiger partial charge in [0, 0.05) is 17.5 Å². The Morgan fingerprint density at radius 1 is 1.35 bits per heavy atom. The van der Waals surface area contributed by atoms with Crippen LogP contribution in [0.15, 0.2) is 18.2 Å². The second-order valence-corrected chi connectivity index (χ2v) is 7.54. The van der Waals surface area contributed by atoms with Crippen LogP contribution in [-0.2, 0) is 9.84 Å². The molecule has 1 N–H and O–H groups in total. The molecular weight excluding hydrogens is 298 g/mol. The minimum atomic E-state index is -2.99. The first-order valence-electron chi connectivity index (χ1n) is 6.77. The molecule has 0 aliphatic carbocycles. The van der Waals surface area contributed by atoms with Gasteiger partial charge in [-0.1, -0.05) is 25.4 Å². The Morgan fingerprint density at radius 3 is 2.60 bits per heavy atom. The Labute approximate surface area is 126 Å². The molecule has 114 valence electrons. The fraction of sp³-hybridized carbons (Fsp3) is 0.571. The van der Waals surface area contributed by atoms with Crippen LogP contribution < -0.4 is 10.1 Å². The van der Waals surface area contributed by atoms with Crippen molar-refractivity contribution in [1.29, 1.82) is 0 Å². The fourth-order valence-corrected chi connectivity index (χ4v) is 3.06. The highest BCUT2D eigenvalue weighted by Crippen LogP contribution is 2.28. The molecule has 0 saturated carbocycles. The van der Waals surface area contributed by atoms with Crippen molar-refractivity contribution in [2.45, 2.75) is 33.2 Å². The van der Waals surface area contributed by atoms with Crippen LogP contribution in [0.3, 0.4) is 0 Å². The average molecular weight is 320 g/mol. The van der Waals surface area contributed by atoms with Crippen molar-refractivity contribution < 1.29 is 13.2 Å². The van der Waals surface area contributed by atoms with Crippen molar-refractivity contribution in [2.24, 2.45) is 0 Å². The standard InChI is InChI=1S/C14H22ClNO3S/c1-4-8-19-14-7-6-12(9-13(14)15)16-11(3)10-20(17,18)5-2/h6-7,9,11,16H,4-5,8,10H2,1-3H3. The van der Waals surface area contributed by atoms with Gasteiger partial charge < -0.3 is 10.1 Å². The van der Waals surface area contributed by atoms with Crippen molar-refractivity contribution in [3.8, 4) is 5.75 Å². The first-order chi connectivity index (χ1) is 9.38. The summed E-state index contributed by atoms with van der Waals surface area (Å²) in [5, 5.41) is 3.66. The summed E-state index contributed by atoms with van der Waals surface area (Å²) in [6.45, 7) is 6.14. The van der Waals surface area contributed by atoms with Crippen LogP contribution in [0.1, 0.15) is 27.2 Å². The molecule has 0 aromatic heterocycles. The van der Waals surface area contributed by atoms with Gasteiger partial charge in [0.2, 0.25) is 0 Å². The largest absolute Gasteiger partial charge is 0.492 e. The minimum Gasteiger partial charge on any atom is -0.492 e. The number of sulfone groups is 1. The third kappa shape index (κ3) is 5.59. The molecule has 0 spiro atoms. The van der Waals surface area contributed by atoms with Gasteiger partial charge in [-0.2, -0.15) is 0 Å². The van der Waals surface area contributed by atoms with E-state index in [4.69, 9.17) is 16.3 Å². The number of hydrogen-bond acceptors (Lipinski definition) is 4. The van der Waals surface area contributed by atoms with Gasteiger partial charge in [0.05, 0.1) is 17.4 Å². The van der Waals surface area contributed by atoms with Gasteiger partial charge in [0.25, 0.3) is 0 Å². The Balaban J connectivity index is 2.67. The summed E-state index contributed by atoms with van der Waals surface area (Å²) in [6, 6.07) is 5.22. The Bertz CT molecular complexity index is 531. The molecule has 0 bridgehead atoms. The molecule has 6 heteroatoms. The van der Waals surface area contributed by atoms with Gasteiger partial charge in [-0.15, -0.1) is 0 Å². The van der Waals surface area contributed by atoms with Crippen molar-refractivity contribution in [2.75, 3.05) is 23.4 Å². The first-order valence-corrected chi connectivity index (χ1v) is 8.97. The summed E-state index contributed by atoms with van der Waals surface area (Å²) in [6.07, 6.45) is 0.919. The zero-order valence-electron chi connectivity index (χ0n) is 12.1. The lowest BCUT2D eigenvalue weighted by atomic mass is 10.2. The molecule has 1 aromatic carbocycles. The number of rotatable bonds is 8. The molecule has 1 aromatic rings. The highest BCUT2D eigenvalue weighted by molar-refractivity contribution is 7.91. The molecule has 0 aliphatic rings. The highest BCUT2D eigenvalue weighted by atomic mass is 35.5.